The van der Waals surface area contributed by atoms with Gasteiger partial charge in [0.15, 0.2) is 5.82 Å². The third-order valence-electron chi connectivity index (χ3n) is 5.44. The number of nitrogen functional groups attached to an aromatic ring is 1. The van der Waals surface area contributed by atoms with Gasteiger partial charge >= 0.3 is 0 Å². The Hall–Kier alpha value is -4.39. The van der Waals surface area contributed by atoms with Crippen LogP contribution in [0.4, 0.5) is 10.1 Å². The number of nitrogens with zero attached hydrogens (tertiary/aromatic N) is 3. The number of aryl methyl sites for hydroxylation is 1. The highest BCUT2D eigenvalue weighted by atomic mass is 19.1. The summed E-state index contributed by atoms with van der Waals surface area (Å²) >= 11 is 0. The van der Waals surface area contributed by atoms with E-state index in [1.165, 1.54) is 12.1 Å². The first-order chi connectivity index (χ1) is 15.5. The third-order valence-corrected chi connectivity index (χ3v) is 5.44. The number of H-pyrrole nitrogens is 1. The van der Waals surface area contributed by atoms with E-state index in [9.17, 15) is 4.39 Å². The average Bonchev–Trinajstić information content (AvgIpc) is 3.24. The molecule has 5 aromatic rings. The molecule has 6 nitrogen and oxygen atoms in total. The van der Waals surface area contributed by atoms with Gasteiger partial charge in [0.05, 0.1) is 17.2 Å². The number of halogens is 1. The number of fused-ring (bicyclic) bond motifs is 1. The number of hydrogen-bond acceptors (Lipinski definition) is 5. The van der Waals surface area contributed by atoms with Gasteiger partial charge in [0.1, 0.15) is 11.5 Å². The van der Waals surface area contributed by atoms with Crippen LogP contribution in [-0.4, -0.2) is 25.6 Å². The van der Waals surface area contributed by atoms with Crippen LogP contribution in [0.1, 0.15) is 17.0 Å². The van der Waals surface area contributed by atoms with E-state index in [1.54, 1.807) is 43.0 Å². The van der Waals surface area contributed by atoms with Crippen LogP contribution in [0, 0.1) is 18.2 Å². The van der Waals surface area contributed by atoms with Gasteiger partial charge in [-0.3, -0.25) is 15.4 Å². The van der Waals surface area contributed by atoms with Crippen LogP contribution in [0.3, 0.4) is 0 Å². The van der Waals surface area contributed by atoms with E-state index in [-0.39, 0.29) is 11.5 Å². The smallest absolute Gasteiger partial charge is 0.157 e. The summed E-state index contributed by atoms with van der Waals surface area (Å²) in [4.78, 5) is 16.3. The van der Waals surface area contributed by atoms with E-state index in [4.69, 9.17) is 11.1 Å². The summed E-state index contributed by atoms with van der Waals surface area (Å²) < 4.78 is 13.8. The molecule has 0 fully saturated rings. The van der Waals surface area contributed by atoms with Crippen molar-refractivity contribution >= 4 is 22.4 Å². The molecule has 0 aliphatic heterocycles. The Morgan fingerprint density at radius 3 is 2.59 bits per heavy atom. The maximum absolute atomic E-state index is 13.8. The van der Waals surface area contributed by atoms with E-state index in [2.05, 4.69) is 19.9 Å². The Morgan fingerprint density at radius 2 is 1.78 bits per heavy atom. The van der Waals surface area contributed by atoms with Crippen LogP contribution in [0.15, 0.2) is 73.3 Å². The molecule has 4 N–H and O–H groups in total. The van der Waals surface area contributed by atoms with Gasteiger partial charge in [0.2, 0.25) is 0 Å². The fourth-order valence-electron chi connectivity index (χ4n) is 3.75. The first kappa shape index (κ1) is 19.6. The molecular formula is C25H19FN6. The van der Waals surface area contributed by atoms with Crippen LogP contribution >= 0.6 is 0 Å². The largest absolute Gasteiger partial charge is 0.398 e. The first-order valence-electron chi connectivity index (χ1n) is 10.0. The number of aromatic amines is 1. The van der Waals surface area contributed by atoms with Crippen LogP contribution in [0.25, 0.3) is 33.3 Å². The molecule has 0 aliphatic carbocycles. The zero-order chi connectivity index (χ0) is 22.2. The molecule has 7 heteroatoms. The molecule has 0 radical (unpaired) electrons. The summed E-state index contributed by atoms with van der Waals surface area (Å²) in [5.41, 5.74) is 13.0. The minimum atomic E-state index is -0.335. The molecule has 0 saturated carbocycles. The summed E-state index contributed by atoms with van der Waals surface area (Å²) in [5.74, 6) is 0.0238. The lowest BCUT2D eigenvalue weighted by atomic mass is 9.98. The molecule has 3 aromatic heterocycles. The van der Waals surface area contributed by atoms with Crippen LogP contribution in [0.5, 0.6) is 0 Å². The molecule has 3 heterocycles. The standard InChI is InChI=1S/C25H19FN6/c1-14-7-8-29-11-19(14)16-5-6-21(27)18(10-16)23(28)25-31-22-13-30-12-20(24(22)32-25)15-3-2-4-17(26)9-15/h2-13,28H,27H2,1H3,(H,31,32). The zero-order valence-corrected chi connectivity index (χ0v) is 17.2. The fourth-order valence-corrected chi connectivity index (χ4v) is 3.75. The summed E-state index contributed by atoms with van der Waals surface area (Å²) in [6.45, 7) is 2.01. The van der Waals surface area contributed by atoms with Crippen molar-refractivity contribution in [2.24, 2.45) is 0 Å². The van der Waals surface area contributed by atoms with E-state index >= 15 is 0 Å². The van der Waals surface area contributed by atoms with Crippen molar-refractivity contribution in [1.29, 1.82) is 5.41 Å². The van der Waals surface area contributed by atoms with Crippen molar-refractivity contribution in [3.05, 3.63) is 96.1 Å². The number of rotatable bonds is 4. The molecule has 0 spiro atoms. The molecule has 0 atom stereocenters. The van der Waals surface area contributed by atoms with Gasteiger partial charge in [-0.25, -0.2) is 9.37 Å². The number of benzene rings is 2. The molecule has 0 bridgehead atoms. The topological polar surface area (TPSA) is 104 Å². The monoisotopic (exact) mass is 422 g/mol. The number of hydrogen-bond donors (Lipinski definition) is 3. The molecule has 0 amide bonds. The molecule has 0 aliphatic rings. The SMILES string of the molecule is Cc1ccncc1-c1ccc(N)c(C(=N)c2nc3c(-c4cccc(F)c4)cncc3[nH]2)c1. The maximum atomic E-state index is 13.8. The number of pyridine rings is 2. The summed E-state index contributed by atoms with van der Waals surface area (Å²) in [7, 11) is 0. The van der Waals surface area contributed by atoms with Crippen molar-refractivity contribution in [2.45, 2.75) is 6.92 Å². The lowest BCUT2D eigenvalue weighted by molar-refractivity contribution is 0.628. The molecule has 5 rings (SSSR count). The molecule has 2 aromatic carbocycles. The Balaban J connectivity index is 1.60. The molecule has 156 valence electrons. The number of imidazole rings is 1. The van der Waals surface area contributed by atoms with Crippen molar-refractivity contribution in [1.82, 2.24) is 19.9 Å². The number of anilines is 1. The summed E-state index contributed by atoms with van der Waals surface area (Å²) in [5, 5.41) is 8.80. The van der Waals surface area contributed by atoms with Crippen LogP contribution in [-0.2, 0) is 0 Å². The second-order valence-corrected chi connectivity index (χ2v) is 7.55. The normalized spacial score (nSPS) is 11.1. The van der Waals surface area contributed by atoms with Gasteiger partial charge in [0.25, 0.3) is 0 Å². The second-order valence-electron chi connectivity index (χ2n) is 7.55. The second kappa shape index (κ2) is 7.70. The highest BCUT2D eigenvalue weighted by Gasteiger charge is 2.17. The van der Waals surface area contributed by atoms with Gasteiger partial charge < -0.3 is 10.7 Å². The average molecular weight is 422 g/mol. The van der Waals surface area contributed by atoms with Gasteiger partial charge in [-0.2, -0.15) is 0 Å². The summed E-state index contributed by atoms with van der Waals surface area (Å²) in [6, 6.07) is 13.8. The van der Waals surface area contributed by atoms with Crippen molar-refractivity contribution in [3.63, 3.8) is 0 Å². The first-order valence-corrected chi connectivity index (χ1v) is 10.0. The Morgan fingerprint density at radius 1 is 0.969 bits per heavy atom. The Bertz CT molecular complexity index is 1490. The lowest BCUT2D eigenvalue weighted by Gasteiger charge is -2.10. The lowest BCUT2D eigenvalue weighted by Crippen LogP contribution is -2.07. The quantitative estimate of drug-likeness (QED) is 0.276. The highest BCUT2D eigenvalue weighted by molar-refractivity contribution is 6.13. The van der Waals surface area contributed by atoms with Gasteiger partial charge in [0, 0.05) is 41.0 Å². The zero-order valence-electron chi connectivity index (χ0n) is 17.2. The predicted molar refractivity (Wildman–Crippen MR) is 124 cm³/mol. The van der Waals surface area contributed by atoms with E-state index in [0.717, 1.165) is 16.7 Å². The van der Waals surface area contributed by atoms with Crippen molar-refractivity contribution in [3.8, 4) is 22.3 Å². The van der Waals surface area contributed by atoms with Gasteiger partial charge in [-0.15, -0.1) is 0 Å². The van der Waals surface area contributed by atoms with Crippen molar-refractivity contribution < 1.29 is 4.39 Å². The fraction of sp³-hybridized carbons (Fsp3) is 0.0400. The van der Waals surface area contributed by atoms with E-state index < -0.39 is 0 Å². The molecule has 32 heavy (non-hydrogen) atoms. The van der Waals surface area contributed by atoms with E-state index in [1.807, 2.05) is 25.1 Å². The van der Waals surface area contributed by atoms with Gasteiger partial charge in [-0.1, -0.05) is 18.2 Å². The van der Waals surface area contributed by atoms with Crippen LogP contribution < -0.4 is 5.73 Å². The molecule has 0 unspecified atom stereocenters. The minimum Gasteiger partial charge on any atom is -0.398 e. The molecule has 0 saturated heterocycles. The Kier molecular flexibility index (Phi) is 4.71. The van der Waals surface area contributed by atoms with Crippen LogP contribution in [0.2, 0.25) is 0 Å². The maximum Gasteiger partial charge on any atom is 0.157 e. The summed E-state index contributed by atoms with van der Waals surface area (Å²) in [6.07, 6.45) is 6.83. The number of aromatic nitrogens is 4. The minimum absolute atomic E-state index is 0.160. The van der Waals surface area contributed by atoms with Crippen molar-refractivity contribution in [2.75, 3.05) is 5.73 Å². The third kappa shape index (κ3) is 3.39. The number of nitrogens with one attached hydrogen (secondary N) is 2. The Labute approximate surface area is 183 Å². The van der Waals surface area contributed by atoms with E-state index in [0.29, 0.717) is 39.2 Å². The van der Waals surface area contributed by atoms with Gasteiger partial charge in [-0.05, 0) is 53.9 Å². The highest BCUT2D eigenvalue weighted by Crippen LogP contribution is 2.29. The number of nitrogens with two attached hydrogens (primary N) is 1. The molecular weight excluding hydrogens is 403 g/mol. The predicted octanol–water partition coefficient (Wildman–Crippen LogP) is 5.13.